The SMILES string of the molecule is CNc1ccccc1-c1nc(-c2ncc[nH]2)no1. The van der Waals surface area contributed by atoms with Crippen LogP contribution in [0.2, 0.25) is 0 Å². The molecule has 0 unspecified atom stereocenters. The number of anilines is 1. The number of hydrogen-bond donors (Lipinski definition) is 2. The van der Waals surface area contributed by atoms with Crippen LogP contribution in [0.1, 0.15) is 0 Å². The van der Waals surface area contributed by atoms with Crippen molar-refractivity contribution < 1.29 is 4.52 Å². The van der Waals surface area contributed by atoms with Crippen molar-refractivity contribution in [2.24, 2.45) is 0 Å². The summed E-state index contributed by atoms with van der Waals surface area (Å²) >= 11 is 0. The average Bonchev–Trinajstić information content (AvgIpc) is 3.09. The van der Waals surface area contributed by atoms with Gasteiger partial charge in [0.1, 0.15) is 0 Å². The van der Waals surface area contributed by atoms with Crippen molar-refractivity contribution in [3.8, 4) is 23.1 Å². The van der Waals surface area contributed by atoms with Crippen LogP contribution in [-0.4, -0.2) is 27.2 Å². The summed E-state index contributed by atoms with van der Waals surface area (Å²) < 4.78 is 5.26. The van der Waals surface area contributed by atoms with E-state index in [1.54, 1.807) is 12.4 Å². The van der Waals surface area contributed by atoms with Gasteiger partial charge >= 0.3 is 0 Å². The minimum atomic E-state index is 0.445. The van der Waals surface area contributed by atoms with Gasteiger partial charge in [0.2, 0.25) is 5.82 Å². The molecule has 2 aromatic heterocycles. The molecule has 0 amide bonds. The van der Waals surface area contributed by atoms with Crippen LogP contribution in [-0.2, 0) is 0 Å². The van der Waals surface area contributed by atoms with E-state index in [1.807, 2.05) is 31.3 Å². The zero-order valence-corrected chi connectivity index (χ0v) is 9.71. The van der Waals surface area contributed by atoms with Crippen LogP contribution in [0, 0.1) is 0 Å². The van der Waals surface area contributed by atoms with E-state index in [-0.39, 0.29) is 0 Å². The molecule has 0 fully saturated rings. The van der Waals surface area contributed by atoms with Crippen LogP contribution in [0.5, 0.6) is 0 Å². The van der Waals surface area contributed by atoms with Gasteiger partial charge in [0.05, 0.1) is 5.56 Å². The molecule has 0 aliphatic heterocycles. The quantitative estimate of drug-likeness (QED) is 0.734. The molecule has 0 atom stereocenters. The number of nitrogens with one attached hydrogen (secondary N) is 2. The molecule has 2 heterocycles. The molecule has 18 heavy (non-hydrogen) atoms. The first-order chi connectivity index (χ1) is 8.88. The van der Waals surface area contributed by atoms with Gasteiger partial charge in [-0.05, 0) is 12.1 Å². The Bertz CT molecular complexity index is 644. The highest BCUT2D eigenvalue weighted by Crippen LogP contribution is 2.27. The molecule has 3 aromatic rings. The normalized spacial score (nSPS) is 10.5. The zero-order chi connectivity index (χ0) is 12.4. The molecule has 1 aromatic carbocycles. The Labute approximate surface area is 103 Å². The smallest absolute Gasteiger partial charge is 0.260 e. The number of rotatable bonds is 3. The molecule has 0 saturated carbocycles. The topological polar surface area (TPSA) is 79.6 Å². The van der Waals surface area contributed by atoms with Crippen molar-refractivity contribution in [2.45, 2.75) is 0 Å². The highest BCUT2D eigenvalue weighted by molar-refractivity contribution is 5.72. The predicted octanol–water partition coefficient (Wildman–Crippen LogP) is 2.17. The maximum absolute atomic E-state index is 5.26. The molecule has 90 valence electrons. The second-order valence-electron chi connectivity index (χ2n) is 3.66. The Balaban J connectivity index is 2.03. The van der Waals surface area contributed by atoms with Gasteiger partial charge in [-0.25, -0.2) is 4.98 Å². The van der Waals surface area contributed by atoms with Crippen LogP contribution >= 0.6 is 0 Å². The Hall–Kier alpha value is -2.63. The van der Waals surface area contributed by atoms with E-state index < -0.39 is 0 Å². The van der Waals surface area contributed by atoms with E-state index in [4.69, 9.17) is 4.52 Å². The van der Waals surface area contributed by atoms with Gasteiger partial charge < -0.3 is 14.8 Å². The van der Waals surface area contributed by atoms with Crippen molar-refractivity contribution >= 4 is 5.69 Å². The molecule has 6 heteroatoms. The minimum Gasteiger partial charge on any atom is -0.387 e. The van der Waals surface area contributed by atoms with E-state index in [2.05, 4.69) is 25.4 Å². The van der Waals surface area contributed by atoms with Crippen LogP contribution in [0.3, 0.4) is 0 Å². The number of aromatic amines is 1. The van der Waals surface area contributed by atoms with E-state index in [9.17, 15) is 0 Å². The third-order valence-corrected chi connectivity index (χ3v) is 2.56. The molecule has 0 radical (unpaired) electrons. The van der Waals surface area contributed by atoms with Crippen LogP contribution < -0.4 is 5.32 Å². The molecule has 6 nitrogen and oxygen atoms in total. The maximum atomic E-state index is 5.26. The lowest BCUT2D eigenvalue weighted by Gasteiger charge is -2.03. The lowest BCUT2D eigenvalue weighted by Crippen LogP contribution is -1.91. The first-order valence-electron chi connectivity index (χ1n) is 5.49. The van der Waals surface area contributed by atoms with E-state index >= 15 is 0 Å². The standard InChI is InChI=1S/C12H11N5O/c1-13-9-5-3-2-4-8(9)12-16-11(17-18-12)10-14-6-7-15-10/h2-7,13H,1H3,(H,14,15). The Morgan fingerprint density at radius 1 is 1.28 bits per heavy atom. The van der Waals surface area contributed by atoms with Crippen molar-refractivity contribution in [1.82, 2.24) is 20.1 Å². The number of hydrogen-bond acceptors (Lipinski definition) is 5. The largest absolute Gasteiger partial charge is 0.387 e. The van der Waals surface area contributed by atoms with Crippen molar-refractivity contribution in [3.05, 3.63) is 36.7 Å². The third-order valence-electron chi connectivity index (χ3n) is 2.56. The summed E-state index contributed by atoms with van der Waals surface area (Å²) in [5.41, 5.74) is 1.80. The van der Waals surface area contributed by atoms with Gasteiger partial charge in [0, 0.05) is 25.1 Å². The first-order valence-corrected chi connectivity index (χ1v) is 5.49. The fourth-order valence-electron chi connectivity index (χ4n) is 1.70. The summed E-state index contributed by atoms with van der Waals surface area (Å²) in [7, 11) is 1.85. The van der Waals surface area contributed by atoms with Crippen LogP contribution in [0.25, 0.3) is 23.1 Å². The number of benzene rings is 1. The predicted molar refractivity (Wildman–Crippen MR) is 66.9 cm³/mol. The summed E-state index contributed by atoms with van der Waals surface area (Å²) in [6, 6.07) is 7.74. The van der Waals surface area contributed by atoms with Crippen molar-refractivity contribution in [3.63, 3.8) is 0 Å². The van der Waals surface area contributed by atoms with Gasteiger partial charge in [-0.15, -0.1) is 0 Å². The zero-order valence-electron chi connectivity index (χ0n) is 9.71. The van der Waals surface area contributed by atoms with Crippen molar-refractivity contribution in [1.29, 1.82) is 0 Å². The summed E-state index contributed by atoms with van der Waals surface area (Å²) in [5.74, 6) is 1.50. The van der Waals surface area contributed by atoms with E-state index in [0.717, 1.165) is 11.3 Å². The highest BCUT2D eigenvalue weighted by Gasteiger charge is 2.14. The molecule has 3 rings (SSSR count). The number of H-pyrrole nitrogens is 1. The average molecular weight is 241 g/mol. The summed E-state index contributed by atoms with van der Waals surface area (Å²) in [6.45, 7) is 0. The summed E-state index contributed by atoms with van der Waals surface area (Å²) in [6.07, 6.45) is 3.36. The fourth-order valence-corrected chi connectivity index (χ4v) is 1.70. The number of para-hydroxylation sites is 1. The fraction of sp³-hybridized carbons (Fsp3) is 0.0833. The Morgan fingerprint density at radius 2 is 2.17 bits per heavy atom. The molecule has 0 bridgehead atoms. The molecular formula is C12H11N5O. The van der Waals surface area contributed by atoms with Gasteiger partial charge in [0.25, 0.3) is 5.89 Å². The number of imidazole rings is 1. The van der Waals surface area contributed by atoms with Gasteiger partial charge in [0.15, 0.2) is 5.82 Å². The summed E-state index contributed by atoms with van der Waals surface area (Å²) in [4.78, 5) is 11.3. The molecule has 0 aliphatic rings. The lowest BCUT2D eigenvalue weighted by molar-refractivity contribution is 0.432. The Kier molecular flexibility index (Phi) is 2.53. The highest BCUT2D eigenvalue weighted by atomic mass is 16.5. The molecular weight excluding hydrogens is 230 g/mol. The monoisotopic (exact) mass is 241 g/mol. The number of nitrogens with zero attached hydrogens (tertiary/aromatic N) is 3. The summed E-state index contributed by atoms with van der Waals surface area (Å²) in [5, 5.41) is 6.99. The maximum Gasteiger partial charge on any atom is 0.260 e. The second-order valence-corrected chi connectivity index (χ2v) is 3.66. The van der Waals surface area contributed by atoms with Gasteiger partial charge in [-0.3, -0.25) is 0 Å². The molecule has 2 N–H and O–H groups in total. The lowest BCUT2D eigenvalue weighted by atomic mass is 10.2. The molecule has 0 saturated heterocycles. The third kappa shape index (κ3) is 1.73. The van der Waals surface area contributed by atoms with E-state index in [0.29, 0.717) is 17.5 Å². The van der Waals surface area contributed by atoms with Crippen LogP contribution in [0.15, 0.2) is 41.2 Å². The van der Waals surface area contributed by atoms with Gasteiger partial charge in [-0.1, -0.05) is 17.3 Å². The van der Waals surface area contributed by atoms with Crippen molar-refractivity contribution in [2.75, 3.05) is 12.4 Å². The number of aromatic nitrogens is 4. The van der Waals surface area contributed by atoms with Crippen LogP contribution in [0.4, 0.5) is 5.69 Å². The molecule has 0 aliphatic carbocycles. The van der Waals surface area contributed by atoms with Gasteiger partial charge in [-0.2, -0.15) is 4.98 Å². The molecule has 0 spiro atoms. The minimum absolute atomic E-state index is 0.445. The van der Waals surface area contributed by atoms with E-state index in [1.165, 1.54) is 0 Å². The second kappa shape index (κ2) is 4.33. The first kappa shape index (κ1) is 10.5. The Morgan fingerprint density at radius 3 is 2.94 bits per heavy atom.